The first-order valence-corrected chi connectivity index (χ1v) is 7.74. The van der Waals surface area contributed by atoms with Gasteiger partial charge in [0.15, 0.2) is 0 Å². The summed E-state index contributed by atoms with van der Waals surface area (Å²) in [5.41, 5.74) is 2.49. The van der Waals surface area contributed by atoms with E-state index in [0.29, 0.717) is 17.2 Å². The molecule has 0 aromatic heterocycles. The predicted molar refractivity (Wildman–Crippen MR) is 97.3 cm³/mol. The molecule has 2 N–H and O–H groups in total. The maximum absolute atomic E-state index is 12.3. The van der Waals surface area contributed by atoms with Crippen molar-refractivity contribution in [2.45, 2.75) is 26.2 Å². The molecule has 2 aromatic rings. The van der Waals surface area contributed by atoms with Crippen molar-refractivity contribution in [3.63, 3.8) is 0 Å². The Hall–Kier alpha value is -2.69. The van der Waals surface area contributed by atoms with Gasteiger partial charge in [-0.25, -0.2) is 4.79 Å². The van der Waals surface area contributed by atoms with Crippen LogP contribution in [0.1, 0.15) is 26.3 Å². The average molecular weight is 328 g/mol. The Balaban J connectivity index is 2.12. The van der Waals surface area contributed by atoms with Crippen LogP contribution >= 0.6 is 0 Å². The fourth-order valence-electron chi connectivity index (χ4n) is 2.30. The zero-order chi connectivity index (χ0) is 17.7. The zero-order valence-electron chi connectivity index (χ0n) is 14.8. The van der Waals surface area contributed by atoms with Crippen LogP contribution in [0.25, 0.3) is 0 Å². The van der Waals surface area contributed by atoms with E-state index in [1.165, 1.54) is 5.56 Å². The Morgan fingerprint density at radius 3 is 1.88 bits per heavy atom. The first-order valence-electron chi connectivity index (χ1n) is 7.74. The maximum atomic E-state index is 12.3. The molecule has 0 saturated heterocycles. The van der Waals surface area contributed by atoms with Crippen molar-refractivity contribution in [2.24, 2.45) is 0 Å². The number of para-hydroxylation sites is 1. The molecule has 0 aliphatic carbocycles. The van der Waals surface area contributed by atoms with E-state index in [4.69, 9.17) is 9.47 Å². The van der Waals surface area contributed by atoms with Crippen LogP contribution in [-0.4, -0.2) is 20.3 Å². The van der Waals surface area contributed by atoms with Crippen LogP contribution in [0, 0.1) is 0 Å². The quantitative estimate of drug-likeness (QED) is 0.859. The molecule has 24 heavy (non-hydrogen) atoms. The molecule has 0 saturated carbocycles. The molecule has 2 aromatic carbocycles. The summed E-state index contributed by atoms with van der Waals surface area (Å²) in [4.78, 5) is 12.3. The maximum Gasteiger partial charge on any atom is 0.323 e. The summed E-state index contributed by atoms with van der Waals surface area (Å²) >= 11 is 0. The normalized spacial score (nSPS) is 10.9. The average Bonchev–Trinajstić information content (AvgIpc) is 2.54. The van der Waals surface area contributed by atoms with Crippen molar-refractivity contribution >= 4 is 17.4 Å². The highest BCUT2D eigenvalue weighted by Gasteiger charge is 2.15. The third-order valence-electron chi connectivity index (χ3n) is 3.68. The Bertz CT molecular complexity index is 681. The lowest BCUT2D eigenvalue weighted by Gasteiger charge is -2.19. The number of ether oxygens (including phenoxy) is 2. The fourth-order valence-corrected chi connectivity index (χ4v) is 2.30. The Kier molecular flexibility index (Phi) is 5.34. The van der Waals surface area contributed by atoms with Crippen molar-refractivity contribution in [3.8, 4) is 11.5 Å². The molecule has 2 amide bonds. The van der Waals surface area contributed by atoms with Crippen molar-refractivity contribution < 1.29 is 14.3 Å². The highest BCUT2D eigenvalue weighted by molar-refractivity contribution is 6.01. The van der Waals surface area contributed by atoms with E-state index in [0.717, 1.165) is 5.69 Å². The minimum Gasteiger partial charge on any atom is -0.494 e. The van der Waals surface area contributed by atoms with E-state index in [1.54, 1.807) is 32.4 Å². The first kappa shape index (κ1) is 17.7. The van der Waals surface area contributed by atoms with E-state index in [9.17, 15) is 4.79 Å². The number of methoxy groups -OCH3 is 2. The number of amides is 2. The molecule has 0 aliphatic heterocycles. The van der Waals surface area contributed by atoms with Gasteiger partial charge in [0.2, 0.25) is 0 Å². The third kappa shape index (κ3) is 4.19. The SMILES string of the molecule is COc1cccc(OC)c1NC(=O)Nc1ccc(C(C)(C)C)cc1. The lowest BCUT2D eigenvalue weighted by Crippen LogP contribution is -2.20. The van der Waals surface area contributed by atoms with Gasteiger partial charge in [-0.1, -0.05) is 39.0 Å². The fraction of sp³-hybridized carbons (Fsp3) is 0.316. The van der Waals surface area contributed by atoms with Crippen LogP contribution in [0.15, 0.2) is 42.5 Å². The number of benzene rings is 2. The first-order chi connectivity index (χ1) is 11.3. The molecule has 0 spiro atoms. The number of urea groups is 1. The monoisotopic (exact) mass is 328 g/mol. The van der Waals surface area contributed by atoms with Gasteiger partial charge in [0, 0.05) is 5.69 Å². The number of hydrogen-bond acceptors (Lipinski definition) is 3. The van der Waals surface area contributed by atoms with Gasteiger partial charge in [-0.3, -0.25) is 0 Å². The van der Waals surface area contributed by atoms with E-state index in [1.807, 2.05) is 24.3 Å². The summed E-state index contributed by atoms with van der Waals surface area (Å²) < 4.78 is 10.5. The molecule has 5 nitrogen and oxygen atoms in total. The summed E-state index contributed by atoms with van der Waals surface area (Å²) in [7, 11) is 3.09. The highest BCUT2D eigenvalue weighted by atomic mass is 16.5. The van der Waals surface area contributed by atoms with Crippen LogP contribution in [-0.2, 0) is 5.41 Å². The standard InChI is InChI=1S/C19H24N2O3/c1-19(2,3)13-9-11-14(12-10-13)20-18(22)21-17-15(23-4)7-6-8-16(17)24-5/h6-12H,1-5H3,(H2,20,21,22). The predicted octanol–water partition coefficient (Wildman–Crippen LogP) is 4.65. The molecule has 0 bridgehead atoms. The molecular formula is C19H24N2O3. The number of nitrogens with one attached hydrogen (secondary N) is 2. The third-order valence-corrected chi connectivity index (χ3v) is 3.68. The summed E-state index contributed by atoms with van der Waals surface area (Å²) in [5, 5.41) is 5.58. The Morgan fingerprint density at radius 2 is 1.42 bits per heavy atom. The Labute approximate surface area is 143 Å². The van der Waals surface area contributed by atoms with Gasteiger partial charge in [-0.05, 0) is 35.2 Å². The van der Waals surface area contributed by atoms with Gasteiger partial charge in [0.05, 0.1) is 14.2 Å². The highest BCUT2D eigenvalue weighted by Crippen LogP contribution is 2.34. The summed E-state index contributed by atoms with van der Waals surface area (Å²) in [5.74, 6) is 1.07. The molecular weight excluding hydrogens is 304 g/mol. The molecule has 0 radical (unpaired) electrons. The lowest BCUT2D eigenvalue weighted by molar-refractivity contribution is 0.262. The topological polar surface area (TPSA) is 59.6 Å². The van der Waals surface area contributed by atoms with Gasteiger partial charge in [-0.15, -0.1) is 0 Å². The van der Waals surface area contributed by atoms with Gasteiger partial charge in [0.1, 0.15) is 17.2 Å². The number of anilines is 2. The minimum absolute atomic E-state index is 0.0750. The van der Waals surface area contributed by atoms with Gasteiger partial charge >= 0.3 is 6.03 Å². The molecule has 0 atom stereocenters. The second-order valence-electron chi connectivity index (χ2n) is 6.44. The van der Waals surface area contributed by atoms with Gasteiger partial charge in [-0.2, -0.15) is 0 Å². The van der Waals surface area contributed by atoms with E-state index >= 15 is 0 Å². The van der Waals surface area contributed by atoms with E-state index in [2.05, 4.69) is 31.4 Å². The van der Waals surface area contributed by atoms with Crippen molar-refractivity contribution in [1.29, 1.82) is 0 Å². The summed E-state index contributed by atoms with van der Waals surface area (Å²) in [6.07, 6.45) is 0. The van der Waals surface area contributed by atoms with Crippen LogP contribution in [0.4, 0.5) is 16.2 Å². The van der Waals surface area contributed by atoms with Crippen molar-refractivity contribution in [1.82, 2.24) is 0 Å². The Morgan fingerprint density at radius 1 is 0.875 bits per heavy atom. The zero-order valence-corrected chi connectivity index (χ0v) is 14.8. The largest absolute Gasteiger partial charge is 0.494 e. The van der Waals surface area contributed by atoms with Gasteiger partial charge < -0.3 is 20.1 Å². The molecule has 128 valence electrons. The molecule has 2 rings (SSSR count). The minimum atomic E-state index is -0.360. The molecule has 0 fully saturated rings. The number of carbonyl (C=O) groups excluding carboxylic acids is 1. The smallest absolute Gasteiger partial charge is 0.323 e. The second-order valence-corrected chi connectivity index (χ2v) is 6.44. The van der Waals surface area contributed by atoms with Crippen molar-refractivity contribution in [3.05, 3.63) is 48.0 Å². The summed E-state index contributed by atoms with van der Waals surface area (Å²) in [6, 6.07) is 12.8. The molecule has 5 heteroatoms. The number of carbonyl (C=O) groups is 1. The van der Waals surface area contributed by atoms with Gasteiger partial charge in [0.25, 0.3) is 0 Å². The van der Waals surface area contributed by atoms with E-state index < -0.39 is 0 Å². The number of rotatable bonds is 4. The second kappa shape index (κ2) is 7.25. The van der Waals surface area contributed by atoms with Crippen LogP contribution < -0.4 is 20.1 Å². The molecule has 0 heterocycles. The lowest BCUT2D eigenvalue weighted by atomic mass is 9.87. The van der Waals surface area contributed by atoms with Crippen LogP contribution in [0.2, 0.25) is 0 Å². The van der Waals surface area contributed by atoms with E-state index in [-0.39, 0.29) is 11.4 Å². The molecule has 0 aliphatic rings. The number of hydrogen-bond donors (Lipinski definition) is 2. The molecule has 0 unspecified atom stereocenters. The van der Waals surface area contributed by atoms with Crippen molar-refractivity contribution in [2.75, 3.05) is 24.9 Å². The van der Waals surface area contributed by atoms with Crippen LogP contribution in [0.5, 0.6) is 11.5 Å². The summed E-state index contributed by atoms with van der Waals surface area (Å²) in [6.45, 7) is 6.45. The van der Waals surface area contributed by atoms with Crippen LogP contribution in [0.3, 0.4) is 0 Å².